The molecule has 96 valence electrons. The Balaban J connectivity index is 2.06. The van der Waals surface area contributed by atoms with Crippen LogP contribution in [0.4, 0.5) is 4.39 Å². The summed E-state index contributed by atoms with van der Waals surface area (Å²) in [6.07, 6.45) is 1.53. The smallest absolute Gasteiger partial charge is 0.133 e. The second-order valence-electron chi connectivity index (χ2n) is 4.02. The van der Waals surface area contributed by atoms with E-state index in [1.54, 1.807) is 18.2 Å². The number of hydrogen-bond acceptors (Lipinski definition) is 4. The summed E-state index contributed by atoms with van der Waals surface area (Å²) >= 11 is 1.43. The monoisotopic (exact) mass is 273 g/mol. The predicted octanol–water partition coefficient (Wildman–Crippen LogP) is 3.47. The number of hydrogen-bond donors (Lipinski definition) is 0. The van der Waals surface area contributed by atoms with Crippen molar-refractivity contribution in [1.29, 1.82) is 5.26 Å². The molecule has 2 aromatic rings. The molecule has 1 atom stereocenters. The molecule has 5 heteroatoms. The topological polar surface area (TPSA) is 49.0 Å². The van der Waals surface area contributed by atoms with E-state index < -0.39 is 5.92 Å². The number of rotatable bonds is 4. The molecule has 0 aliphatic heterocycles. The SMILES string of the molecule is Cc1csc([C@@H](C#N)C=NCc2ccccc2F)n1. The number of aliphatic imine (C=N–C) groups is 1. The molecule has 1 aromatic heterocycles. The van der Waals surface area contributed by atoms with Crippen molar-refractivity contribution in [2.45, 2.75) is 19.4 Å². The first-order valence-electron chi connectivity index (χ1n) is 5.75. The summed E-state index contributed by atoms with van der Waals surface area (Å²) in [4.78, 5) is 8.39. The van der Waals surface area contributed by atoms with Gasteiger partial charge in [0, 0.05) is 22.9 Å². The van der Waals surface area contributed by atoms with Crippen molar-refractivity contribution in [1.82, 2.24) is 4.98 Å². The first kappa shape index (κ1) is 13.4. The van der Waals surface area contributed by atoms with Crippen LogP contribution in [0.2, 0.25) is 0 Å². The van der Waals surface area contributed by atoms with Gasteiger partial charge in [0.1, 0.15) is 16.7 Å². The Kier molecular flexibility index (Phi) is 4.37. The largest absolute Gasteiger partial charge is 0.291 e. The molecule has 0 unspecified atom stereocenters. The molecule has 0 fully saturated rings. The van der Waals surface area contributed by atoms with Gasteiger partial charge in [-0.05, 0) is 13.0 Å². The molecular weight excluding hydrogens is 261 g/mol. The van der Waals surface area contributed by atoms with Crippen LogP contribution in [0.25, 0.3) is 0 Å². The fraction of sp³-hybridized carbons (Fsp3) is 0.214. The Morgan fingerprint density at radius 2 is 2.32 bits per heavy atom. The van der Waals surface area contributed by atoms with E-state index in [4.69, 9.17) is 5.26 Å². The van der Waals surface area contributed by atoms with Gasteiger partial charge >= 0.3 is 0 Å². The van der Waals surface area contributed by atoms with Gasteiger partial charge in [-0.15, -0.1) is 11.3 Å². The van der Waals surface area contributed by atoms with Crippen molar-refractivity contribution in [3.63, 3.8) is 0 Å². The third kappa shape index (κ3) is 3.46. The van der Waals surface area contributed by atoms with Crippen LogP contribution in [0, 0.1) is 24.1 Å². The van der Waals surface area contributed by atoms with Crippen molar-refractivity contribution in [2.75, 3.05) is 0 Å². The van der Waals surface area contributed by atoms with E-state index in [2.05, 4.69) is 16.0 Å². The van der Waals surface area contributed by atoms with Crippen LogP contribution in [0.3, 0.4) is 0 Å². The van der Waals surface area contributed by atoms with E-state index >= 15 is 0 Å². The average Bonchev–Trinajstić information content (AvgIpc) is 2.83. The fourth-order valence-electron chi connectivity index (χ4n) is 1.55. The zero-order chi connectivity index (χ0) is 13.7. The van der Waals surface area contributed by atoms with Gasteiger partial charge < -0.3 is 0 Å². The van der Waals surface area contributed by atoms with Crippen LogP contribution in [0.5, 0.6) is 0 Å². The van der Waals surface area contributed by atoms with Crippen LogP contribution in [0.15, 0.2) is 34.6 Å². The number of aromatic nitrogens is 1. The summed E-state index contributed by atoms with van der Waals surface area (Å²) in [7, 11) is 0. The minimum atomic E-state index is -0.467. The summed E-state index contributed by atoms with van der Waals surface area (Å²) in [6.45, 7) is 2.11. The minimum absolute atomic E-state index is 0.231. The van der Waals surface area contributed by atoms with Gasteiger partial charge in [0.05, 0.1) is 12.6 Å². The number of nitrogens with zero attached hydrogens (tertiary/aromatic N) is 3. The third-order valence-corrected chi connectivity index (χ3v) is 3.56. The van der Waals surface area contributed by atoms with Crippen molar-refractivity contribution < 1.29 is 4.39 Å². The van der Waals surface area contributed by atoms with E-state index in [-0.39, 0.29) is 12.4 Å². The number of benzene rings is 1. The molecule has 1 aromatic carbocycles. The molecule has 0 saturated heterocycles. The van der Waals surface area contributed by atoms with Gasteiger partial charge in [-0.3, -0.25) is 4.99 Å². The average molecular weight is 273 g/mol. The molecule has 0 aliphatic carbocycles. The quantitative estimate of drug-likeness (QED) is 0.801. The van der Waals surface area contributed by atoms with Crippen LogP contribution in [0.1, 0.15) is 22.2 Å². The summed E-state index contributed by atoms with van der Waals surface area (Å²) in [5.74, 6) is -0.747. The molecule has 0 N–H and O–H groups in total. The molecule has 0 saturated carbocycles. The highest BCUT2D eigenvalue weighted by atomic mass is 32.1. The summed E-state index contributed by atoms with van der Waals surface area (Å²) in [6, 6.07) is 8.62. The Hall–Kier alpha value is -2.06. The van der Waals surface area contributed by atoms with E-state index in [0.29, 0.717) is 5.56 Å². The lowest BCUT2D eigenvalue weighted by Gasteiger charge is -2.00. The second-order valence-corrected chi connectivity index (χ2v) is 4.90. The summed E-state index contributed by atoms with van der Waals surface area (Å²) in [5, 5.41) is 11.7. The molecule has 0 amide bonds. The van der Waals surface area contributed by atoms with Crippen molar-refractivity contribution in [3.8, 4) is 6.07 Å². The third-order valence-electron chi connectivity index (χ3n) is 2.52. The highest BCUT2D eigenvalue weighted by Crippen LogP contribution is 2.18. The van der Waals surface area contributed by atoms with Gasteiger partial charge in [0.25, 0.3) is 0 Å². The zero-order valence-corrected chi connectivity index (χ0v) is 11.2. The molecule has 19 heavy (non-hydrogen) atoms. The molecule has 0 bridgehead atoms. The van der Waals surface area contributed by atoms with Crippen LogP contribution < -0.4 is 0 Å². The lowest BCUT2D eigenvalue weighted by atomic mass is 10.2. The Labute approximate surface area is 115 Å². The van der Waals surface area contributed by atoms with E-state index in [1.807, 2.05) is 12.3 Å². The van der Waals surface area contributed by atoms with Gasteiger partial charge in [-0.1, -0.05) is 18.2 Å². The van der Waals surface area contributed by atoms with Crippen molar-refractivity contribution >= 4 is 17.6 Å². The molecule has 3 nitrogen and oxygen atoms in total. The van der Waals surface area contributed by atoms with E-state index in [9.17, 15) is 4.39 Å². The number of thiazole rings is 1. The maximum atomic E-state index is 13.4. The Bertz CT molecular complexity index is 628. The summed E-state index contributed by atoms with van der Waals surface area (Å²) < 4.78 is 13.4. The number of halogens is 1. The fourth-order valence-corrected chi connectivity index (χ4v) is 2.35. The van der Waals surface area contributed by atoms with Crippen molar-refractivity contribution in [3.05, 3.63) is 51.7 Å². The zero-order valence-electron chi connectivity index (χ0n) is 10.4. The Morgan fingerprint density at radius 3 is 2.95 bits per heavy atom. The standard InChI is InChI=1S/C14H12FN3S/c1-10-9-19-14(18-10)12(6-16)8-17-7-11-4-2-3-5-13(11)15/h2-5,8-9,12H,7H2,1H3/t12-/m0/s1. The van der Waals surface area contributed by atoms with E-state index in [1.165, 1.54) is 23.6 Å². The van der Waals surface area contributed by atoms with Gasteiger partial charge in [-0.25, -0.2) is 9.37 Å². The highest BCUT2D eigenvalue weighted by Gasteiger charge is 2.11. The molecule has 0 aliphatic rings. The minimum Gasteiger partial charge on any atom is -0.291 e. The molecule has 0 radical (unpaired) electrons. The number of nitriles is 1. The maximum Gasteiger partial charge on any atom is 0.133 e. The summed E-state index contributed by atoms with van der Waals surface area (Å²) in [5.41, 5.74) is 1.41. The maximum absolute atomic E-state index is 13.4. The normalized spacial score (nSPS) is 12.5. The molecule has 1 heterocycles. The van der Waals surface area contributed by atoms with Crippen molar-refractivity contribution in [2.24, 2.45) is 4.99 Å². The Morgan fingerprint density at radius 1 is 1.53 bits per heavy atom. The first-order chi connectivity index (χ1) is 9.20. The van der Waals surface area contributed by atoms with E-state index in [0.717, 1.165) is 10.7 Å². The van der Waals surface area contributed by atoms with Gasteiger partial charge in [0.15, 0.2) is 0 Å². The van der Waals surface area contributed by atoms with Gasteiger partial charge in [-0.2, -0.15) is 5.26 Å². The lowest BCUT2D eigenvalue weighted by molar-refractivity contribution is 0.611. The number of aryl methyl sites for hydroxylation is 1. The van der Waals surface area contributed by atoms with Crippen LogP contribution in [-0.4, -0.2) is 11.2 Å². The molecular formula is C14H12FN3S. The lowest BCUT2D eigenvalue weighted by Crippen LogP contribution is -1.97. The van der Waals surface area contributed by atoms with Crippen LogP contribution >= 0.6 is 11.3 Å². The molecule has 0 spiro atoms. The second kappa shape index (κ2) is 6.21. The van der Waals surface area contributed by atoms with Gasteiger partial charge in [0.2, 0.25) is 0 Å². The predicted molar refractivity (Wildman–Crippen MR) is 73.8 cm³/mol. The molecule has 2 rings (SSSR count). The highest BCUT2D eigenvalue weighted by molar-refractivity contribution is 7.09. The van der Waals surface area contributed by atoms with Crippen LogP contribution in [-0.2, 0) is 6.54 Å². The first-order valence-corrected chi connectivity index (χ1v) is 6.63.